The second-order valence-electron chi connectivity index (χ2n) is 7.87. The molecule has 1 amide bonds. The molecular weight excluding hydrogens is 336 g/mol. The van der Waals surface area contributed by atoms with Crippen molar-refractivity contribution in [1.82, 2.24) is 9.88 Å². The summed E-state index contributed by atoms with van der Waals surface area (Å²) >= 11 is 0. The predicted molar refractivity (Wildman–Crippen MR) is 104 cm³/mol. The van der Waals surface area contributed by atoms with Crippen LogP contribution in [0.3, 0.4) is 0 Å². The Balaban J connectivity index is 1.49. The maximum atomic E-state index is 12.8. The van der Waals surface area contributed by atoms with Crippen LogP contribution >= 0.6 is 0 Å². The van der Waals surface area contributed by atoms with Gasteiger partial charge in [0, 0.05) is 32.9 Å². The minimum absolute atomic E-state index is 0.0375. The molecule has 5 nitrogen and oxygen atoms in total. The summed E-state index contributed by atoms with van der Waals surface area (Å²) in [6.07, 6.45) is 4.66. The summed E-state index contributed by atoms with van der Waals surface area (Å²) in [7, 11) is 1.94. The highest BCUT2D eigenvalue weighted by Crippen LogP contribution is 2.45. The fourth-order valence-corrected chi connectivity index (χ4v) is 4.59. The molecule has 2 fully saturated rings. The van der Waals surface area contributed by atoms with Crippen molar-refractivity contribution in [2.75, 3.05) is 31.6 Å². The molecule has 1 atom stereocenters. The fraction of sp³-hybridized carbons (Fsp3) is 0.409. The van der Waals surface area contributed by atoms with E-state index in [9.17, 15) is 4.79 Å². The van der Waals surface area contributed by atoms with E-state index < -0.39 is 0 Å². The molecule has 0 aliphatic carbocycles. The molecule has 2 aliphatic heterocycles. The SMILES string of the molecule is CN1CC2(CCN(c3ccc(C#N)cn3)CC2)CC(c2ccccc2)C1=O. The highest BCUT2D eigenvalue weighted by Gasteiger charge is 2.45. The second kappa shape index (κ2) is 7.03. The van der Waals surface area contributed by atoms with E-state index in [4.69, 9.17) is 5.26 Å². The van der Waals surface area contributed by atoms with Crippen LogP contribution in [0.25, 0.3) is 0 Å². The van der Waals surface area contributed by atoms with E-state index in [1.165, 1.54) is 0 Å². The molecule has 0 N–H and O–H groups in total. The van der Waals surface area contributed by atoms with Crippen molar-refractivity contribution in [2.24, 2.45) is 5.41 Å². The Labute approximate surface area is 160 Å². The summed E-state index contributed by atoms with van der Waals surface area (Å²) in [4.78, 5) is 21.4. The molecule has 5 heteroatoms. The third-order valence-corrected chi connectivity index (χ3v) is 6.11. The molecule has 4 rings (SSSR count). The molecule has 1 unspecified atom stereocenters. The summed E-state index contributed by atoms with van der Waals surface area (Å²) in [5, 5.41) is 8.93. The molecule has 27 heavy (non-hydrogen) atoms. The number of nitriles is 1. The van der Waals surface area contributed by atoms with Crippen LogP contribution in [-0.4, -0.2) is 42.5 Å². The normalized spacial score (nSPS) is 21.9. The first-order chi connectivity index (χ1) is 13.1. The summed E-state index contributed by atoms with van der Waals surface area (Å²) in [5.41, 5.74) is 1.89. The van der Waals surface area contributed by atoms with Gasteiger partial charge >= 0.3 is 0 Å². The van der Waals surface area contributed by atoms with Gasteiger partial charge in [-0.15, -0.1) is 0 Å². The summed E-state index contributed by atoms with van der Waals surface area (Å²) in [6.45, 7) is 2.70. The highest BCUT2D eigenvalue weighted by atomic mass is 16.2. The molecule has 3 heterocycles. The van der Waals surface area contributed by atoms with Crippen LogP contribution in [0.5, 0.6) is 0 Å². The van der Waals surface area contributed by atoms with Crippen molar-refractivity contribution < 1.29 is 4.79 Å². The van der Waals surface area contributed by atoms with Crippen molar-refractivity contribution in [3.63, 3.8) is 0 Å². The van der Waals surface area contributed by atoms with Gasteiger partial charge in [-0.1, -0.05) is 30.3 Å². The molecular formula is C22H24N4O. The van der Waals surface area contributed by atoms with Gasteiger partial charge in [0.1, 0.15) is 11.9 Å². The van der Waals surface area contributed by atoms with Crippen LogP contribution in [-0.2, 0) is 4.79 Å². The van der Waals surface area contributed by atoms with Crippen LogP contribution in [0.1, 0.15) is 36.3 Å². The number of carbonyl (C=O) groups excluding carboxylic acids is 1. The number of hydrogen-bond acceptors (Lipinski definition) is 4. The van der Waals surface area contributed by atoms with Gasteiger partial charge in [0.15, 0.2) is 0 Å². The lowest BCUT2D eigenvalue weighted by molar-refractivity contribution is -0.138. The number of carbonyl (C=O) groups is 1. The number of piperidine rings is 2. The van der Waals surface area contributed by atoms with Crippen LogP contribution in [0.15, 0.2) is 48.7 Å². The van der Waals surface area contributed by atoms with Crippen LogP contribution in [0.2, 0.25) is 0 Å². The Kier molecular flexibility index (Phi) is 4.57. The topological polar surface area (TPSA) is 60.2 Å². The molecule has 1 aromatic carbocycles. The van der Waals surface area contributed by atoms with Crippen molar-refractivity contribution in [1.29, 1.82) is 5.26 Å². The first-order valence-corrected chi connectivity index (χ1v) is 9.51. The van der Waals surface area contributed by atoms with Gasteiger partial charge in [-0.2, -0.15) is 5.26 Å². The molecule has 2 aliphatic rings. The number of likely N-dealkylation sites (N-methyl/N-ethyl adjacent to an activating group) is 1. The Bertz CT molecular complexity index is 848. The van der Waals surface area contributed by atoms with E-state index in [1.54, 1.807) is 6.20 Å². The molecule has 0 bridgehead atoms. The number of benzene rings is 1. The molecule has 2 aromatic rings. The minimum atomic E-state index is -0.0375. The Hall–Kier alpha value is -2.87. The smallest absolute Gasteiger partial charge is 0.229 e. The van der Waals surface area contributed by atoms with Gasteiger partial charge in [-0.25, -0.2) is 4.98 Å². The number of nitrogens with zero attached hydrogens (tertiary/aromatic N) is 4. The zero-order valence-corrected chi connectivity index (χ0v) is 15.6. The molecule has 2 saturated heterocycles. The standard InChI is InChI=1S/C22H24N4O/c1-25-16-22(13-19(21(25)27)18-5-3-2-4-6-18)9-11-26(12-10-22)20-8-7-17(14-23)15-24-20/h2-8,15,19H,9-13,16H2,1H3. The maximum absolute atomic E-state index is 12.8. The minimum Gasteiger partial charge on any atom is -0.357 e. The van der Waals surface area contributed by atoms with E-state index in [-0.39, 0.29) is 17.2 Å². The van der Waals surface area contributed by atoms with Crippen molar-refractivity contribution in [2.45, 2.75) is 25.2 Å². The van der Waals surface area contributed by atoms with E-state index in [2.05, 4.69) is 28.1 Å². The van der Waals surface area contributed by atoms with Gasteiger partial charge in [0.2, 0.25) is 5.91 Å². The number of anilines is 1. The van der Waals surface area contributed by atoms with Gasteiger partial charge in [0.25, 0.3) is 0 Å². The number of aromatic nitrogens is 1. The number of pyridine rings is 1. The van der Waals surface area contributed by atoms with Gasteiger partial charge in [0.05, 0.1) is 11.5 Å². The Morgan fingerprint density at radius 3 is 2.52 bits per heavy atom. The second-order valence-corrected chi connectivity index (χ2v) is 7.87. The summed E-state index contributed by atoms with van der Waals surface area (Å²) in [6, 6.07) is 16.1. The first-order valence-electron chi connectivity index (χ1n) is 9.51. The zero-order valence-electron chi connectivity index (χ0n) is 15.6. The molecule has 0 saturated carbocycles. The number of hydrogen-bond donors (Lipinski definition) is 0. The van der Waals surface area contributed by atoms with Crippen LogP contribution in [0, 0.1) is 16.7 Å². The Morgan fingerprint density at radius 2 is 1.89 bits per heavy atom. The van der Waals surface area contributed by atoms with E-state index in [0.717, 1.165) is 50.3 Å². The number of amides is 1. The summed E-state index contributed by atoms with van der Waals surface area (Å²) < 4.78 is 0. The Morgan fingerprint density at radius 1 is 1.15 bits per heavy atom. The largest absolute Gasteiger partial charge is 0.357 e. The molecule has 138 valence electrons. The van der Waals surface area contributed by atoms with Crippen molar-refractivity contribution in [3.05, 3.63) is 59.8 Å². The average Bonchev–Trinajstić information content (AvgIpc) is 2.72. The lowest BCUT2D eigenvalue weighted by Crippen LogP contribution is -2.52. The highest BCUT2D eigenvalue weighted by molar-refractivity contribution is 5.84. The van der Waals surface area contributed by atoms with Crippen LogP contribution in [0.4, 0.5) is 5.82 Å². The maximum Gasteiger partial charge on any atom is 0.229 e. The molecule has 0 radical (unpaired) electrons. The quantitative estimate of drug-likeness (QED) is 0.825. The van der Waals surface area contributed by atoms with Crippen LogP contribution < -0.4 is 4.90 Å². The zero-order chi connectivity index (χ0) is 18.9. The molecule has 1 spiro atoms. The number of likely N-dealkylation sites (tertiary alicyclic amines) is 1. The average molecular weight is 360 g/mol. The van der Waals surface area contributed by atoms with E-state index in [0.29, 0.717) is 5.56 Å². The molecule has 1 aromatic heterocycles. The lowest BCUT2D eigenvalue weighted by Gasteiger charge is -2.49. The first kappa shape index (κ1) is 17.5. The third-order valence-electron chi connectivity index (χ3n) is 6.11. The predicted octanol–water partition coefficient (Wildman–Crippen LogP) is 3.19. The van der Waals surface area contributed by atoms with Gasteiger partial charge < -0.3 is 9.80 Å². The number of rotatable bonds is 2. The van der Waals surface area contributed by atoms with Gasteiger partial charge in [-0.05, 0) is 42.4 Å². The third kappa shape index (κ3) is 3.40. The monoisotopic (exact) mass is 360 g/mol. The fourth-order valence-electron chi connectivity index (χ4n) is 4.59. The summed E-state index contributed by atoms with van der Waals surface area (Å²) in [5.74, 6) is 1.14. The van der Waals surface area contributed by atoms with E-state index >= 15 is 0 Å². The van der Waals surface area contributed by atoms with Gasteiger partial charge in [-0.3, -0.25) is 4.79 Å². The van der Waals surface area contributed by atoms with E-state index in [1.807, 2.05) is 42.3 Å². The lowest BCUT2D eigenvalue weighted by atomic mass is 9.68. The van der Waals surface area contributed by atoms with Crippen molar-refractivity contribution >= 4 is 11.7 Å². The van der Waals surface area contributed by atoms with Crippen molar-refractivity contribution in [3.8, 4) is 6.07 Å².